The van der Waals surface area contributed by atoms with E-state index in [0.717, 1.165) is 18.2 Å². The van der Waals surface area contributed by atoms with Crippen molar-refractivity contribution in [1.82, 2.24) is 0 Å². The molecule has 0 N–H and O–H groups in total. The number of hydrogen-bond acceptors (Lipinski definition) is 1. The Morgan fingerprint density at radius 2 is 1.75 bits per heavy atom. The van der Waals surface area contributed by atoms with Gasteiger partial charge in [-0.15, -0.1) is 0 Å². The lowest BCUT2D eigenvalue weighted by molar-refractivity contribution is -0.137. The van der Waals surface area contributed by atoms with Crippen LogP contribution >= 0.6 is 0 Å². The normalized spacial score (nSPS) is 11.2. The molecule has 1 nitrogen and oxygen atoms in total. The molecule has 0 radical (unpaired) electrons. The summed E-state index contributed by atoms with van der Waals surface area (Å²) in [7, 11) is 0. The molecule has 20 heavy (non-hydrogen) atoms. The highest BCUT2D eigenvalue weighted by molar-refractivity contribution is 5.65. The second-order valence-electron chi connectivity index (χ2n) is 4.26. The third kappa shape index (κ3) is 3.15. The number of rotatable bonds is 2. The molecule has 0 aliphatic heterocycles. The molecular weight excluding hydrogens is 270 g/mol. The maximum Gasteiger partial charge on any atom is 0.416 e. The molecule has 0 fully saturated rings. The van der Waals surface area contributed by atoms with E-state index in [9.17, 15) is 17.6 Å². The Labute approximate surface area is 113 Å². The van der Waals surface area contributed by atoms with Crippen molar-refractivity contribution >= 4 is 0 Å². The van der Waals surface area contributed by atoms with Gasteiger partial charge in [-0.3, -0.25) is 0 Å². The predicted octanol–water partition coefficient (Wildman–Crippen LogP) is 4.58. The monoisotopic (exact) mass is 279 g/mol. The fourth-order valence-electron chi connectivity index (χ4n) is 1.88. The molecule has 0 amide bonds. The van der Waals surface area contributed by atoms with Crippen molar-refractivity contribution in [3.05, 3.63) is 59.4 Å². The van der Waals surface area contributed by atoms with E-state index < -0.39 is 17.6 Å². The highest BCUT2D eigenvalue weighted by Gasteiger charge is 2.31. The van der Waals surface area contributed by atoms with Gasteiger partial charge in [-0.2, -0.15) is 18.4 Å². The van der Waals surface area contributed by atoms with Crippen LogP contribution in [0.5, 0.6) is 0 Å². The third-order valence-electron chi connectivity index (χ3n) is 2.76. The van der Waals surface area contributed by atoms with Gasteiger partial charge in [0.2, 0.25) is 0 Å². The summed E-state index contributed by atoms with van der Waals surface area (Å²) in [6.45, 7) is 0. The molecule has 0 heterocycles. The average Bonchev–Trinajstić information content (AvgIpc) is 2.38. The number of nitriles is 1. The standard InChI is InChI=1S/C15H9F4N/c16-14-3-1-2-11(9-14)12-6-10(4-5-20)7-13(8-12)15(17,18)19/h1-3,6-9H,4H2. The molecule has 0 aliphatic carbocycles. The molecule has 0 unspecified atom stereocenters. The Bertz CT molecular complexity index is 668. The van der Waals surface area contributed by atoms with Gasteiger partial charge >= 0.3 is 6.18 Å². The Morgan fingerprint density at radius 1 is 1.00 bits per heavy atom. The first-order valence-corrected chi connectivity index (χ1v) is 5.74. The SMILES string of the molecule is N#CCc1cc(-c2cccc(F)c2)cc(C(F)(F)F)c1. The van der Waals surface area contributed by atoms with Crippen LogP contribution in [0, 0.1) is 17.1 Å². The van der Waals surface area contributed by atoms with Gasteiger partial charge in [-0.1, -0.05) is 18.2 Å². The van der Waals surface area contributed by atoms with Crippen molar-refractivity contribution in [2.45, 2.75) is 12.6 Å². The van der Waals surface area contributed by atoms with Gasteiger partial charge in [0.05, 0.1) is 18.1 Å². The van der Waals surface area contributed by atoms with Gasteiger partial charge in [-0.05, 0) is 41.0 Å². The molecule has 0 saturated carbocycles. The molecular formula is C15H9F4N. The molecule has 0 saturated heterocycles. The molecule has 0 aliphatic rings. The van der Waals surface area contributed by atoms with E-state index >= 15 is 0 Å². The fraction of sp³-hybridized carbons (Fsp3) is 0.133. The van der Waals surface area contributed by atoms with Crippen molar-refractivity contribution in [2.75, 3.05) is 0 Å². The lowest BCUT2D eigenvalue weighted by Gasteiger charge is -2.11. The smallest absolute Gasteiger partial charge is 0.207 e. The lowest BCUT2D eigenvalue weighted by atomic mass is 9.98. The average molecular weight is 279 g/mol. The van der Waals surface area contributed by atoms with Gasteiger partial charge in [-0.25, -0.2) is 4.39 Å². The van der Waals surface area contributed by atoms with Crippen molar-refractivity contribution in [2.24, 2.45) is 0 Å². The van der Waals surface area contributed by atoms with E-state index in [0.29, 0.717) is 5.56 Å². The molecule has 5 heteroatoms. The van der Waals surface area contributed by atoms with E-state index in [2.05, 4.69) is 0 Å². The number of nitrogens with zero attached hydrogens (tertiary/aromatic N) is 1. The topological polar surface area (TPSA) is 23.8 Å². The maximum absolute atomic E-state index is 13.2. The van der Waals surface area contributed by atoms with Crippen LogP contribution < -0.4 is 0 Å². The van der Waals surface area contributed by atoms with Crippen molar-refractivity contribution in [3.63, 3.8) is 0 Å². The molecule has 0 atom stereocenters. The largest absolute Gasteiger partial charge is 0.416 e. The van der Waals surface area contributed by atoms with E-state index in [-0.39, 0.29) is 17.5 Å². The zero-order valence-corrected chi connectivity index (χ0v) is 10.2. The summed E-state index contributed by atoms with van der Waals surface area (Å²) in [5.41, 5.74) is -0.00837. The first kappa shape index (κ1) is 14.1. The Balaban J connectivity index is 2.58. The van der Waals surface area contributed by atoms with Gasteiger partial charge in [0.1, 0.15) is 5.82 Å². The lowest BCUT2D eigenvalue weighted by Crippen LogP contribution is -2.06. The summed E-state index contributed by atoms with van der Waals surface area (Å²) in [5.74, 6) is -0.526. The summed E-state index contributed by atoms with van der Waals surface area (Å²) in [6, 6.07) is 10.5. The molecule has 102 valence electrons. The zero-order valence-electron chi connectivity index (χ0n) is 10.2. The Morgan fingerprint density at radius 3 is 2.35 bits per heavy atom. The molecule has 0 bridgehead atoms. The van der Waals surface area contributed by atoms with Gasteiger partial charge in [0, 0.05) is 0 Å². The number of benzene rings is 2. The Kier molecular flexibility index (Phi) is 3.75. The van der Waals surface area contributed by atoms with Crippen LogP contribution in [-0.4, -0.2) is 0 Å². The van der Waals surface area contributed by atoms with E-state index in [4.69, 9.17) is 5.26 Å². The second-order valence-corrected chi connectivity index (χ2v) is 4.26. The Hall–Kier alpha value is -2.35. The first-order chi connectivity index (χ1) is 9.40. The predicted molar refractivity (Wildman–Crippen MR) is 66.2 cm³/mol. The van der Waals surface area contributed by atoms with Crippen LogP contribution in [0.25, 0.3) is 11.1 Å². The van der Waals surface area contributed by atoms with Crippen LogP contribution in [0.3, 0.4) is 0 Å². The number of hydrogen-bond donors (Lipinski definition) is 0. The highest BCUT2D eigenvalue weighted by atomic mass is 19.4. The summed E-state index contributed by atoms with van der Waals surface area (Å²) < 4.78 is 51.6. The molecule has 2 aromatic rings. The minimum atomic E-state index is -4.51. The molecule has 2 rings (SSSR count). The number of halogens is 4. The maximum atomic E-state index is 13.2. The minimum Gasteiger partial charge on any atom is -0.207 e. The highest BCUT2D eigenvalue weighted by Crippen LogP contribution is 2.33. The van der Waals surface area contributed by atoms with Crippen LogP contribution in [0.1, 0.15) is 11.1 Å². The van der Waals surface area contributed by atoms with Crippen LogP contribution in [0.4, 0.5) is 17.6 Å². The summed E-state index contributed by atoms with van der Waals surface area (Å²) in [6.07, 6.45) is -4.64. The van der Waals surface area contributed by atoms with Crippen molar-refractivity contribution < 1.29 is 17.6 Å². The number of alkyl halides is 3. The second kappa shape index (κ2) is 5.33. The van der Waals surface area contributed by atoms with E-state index in [1.807, 2.05) is 6.07 Å². The van der Waals surface area contributed by atoms with Crippen LogP contribution in [-0.2, 0) is 12.6 Å². The fourth-order valence-corrected chi connectivity index (χ4v) is 1.88. The summed E-state index contributed by atoms with van der Waals surface area (Å²) in [4.78, 5) is 0. The zero-order chi connectivity index (χ0) is 14.8. The summed E-state index contributed by atoms with van der Waals surface area (Å²) >= 11 is 0. The van der Waals surface area contributed by atoms with Crippen LogP contribution in [0.15, 0.2) is 42.5 Å². The minimum absolute atomic E-state index is 0.133. The van der Waals surface area contributed by atoms with Gasteiger partial charge < -0.3 is 0 Å². The van der Waals surface area contributed by atoms with Crippen molar-refractivity contribution in [3.8, 4) is 17.2 Å². The van der Waals surface area contributed by atoms with Crippen molar-refractivity contribution in [1.29, 1.82) is 5.26 Å². The van der Waals surface area contributed by atoms with Gasteiger partial charge in [0.15, 0.2) is 0 Å². The quantitative estimate of drug-likeness (QED) is 0.738. The van der Waals surface area contributed by atoms with E-state index in [1.54, 1.807) is 0 Å². The molecule has 0 aromatic heterocycles. The first-order valence-electron chi connectivity index (χ1n) is 5.74. The molecule has 2 aromatic carbocycles. The molecule has 0 spiro atoms. The summed E-state index contributed by atoms with van der Waals surface area (Å²) in [5, 5.41) is 8.63. The third-order valence-corrected chi connectivity index (χ3v) is 2.76. The van der Waals surface area contributed by atoms with E-state index in [1.165, 1.54) is 24.3 Å². The van der Waals surface area contributed by atoms with Gasteiger partial charge in [0.25, 0.3) is 0 Å². The van der Waals surface area contributed by atoms with Crippen LogP contribution in [0.2, 0.25) is 0 Å².